The van der Waals surface area contributed by atoms with Crippen LogP contribution in [0, 0.1) is 13.8 Å². The van der Waals surface area contributed by atoms with Gasteiger partial charge in [0.15, 0.2) is 0 Å². The van der Waals surface area contributed by atoms with Crippen LogP contribution in [0.4, 0.5) is 16.6 Å². The number of aromatic nitrogens is 4. The molecule has 9 heteroatoms. The molecule has 0 aromatic carbocycles. The van der Waals surface area contributed by atoms with Crippen LogP contribution in [0.5, 0.6) is 0 Å². The summed E-state index contributed by atoms with van der Waals surface area (Å²) in [4.78, 5) is 31.8. The fourth-order valence-electron chi connectivity index (χ4n) is 3.66. The molecule has 0 bridgehead atoms. The lowest BCUT2D eigenvalue weighted by molar-refractivity contribution is 0.252. The minimum Gasteiger partial charge on any atom is -0.352 e. The predicted octanol–water partition coefficient (Wildman–Crippen LogP) is 3.91. The molecule has 0 radical (unpaired) electrons. The predicted molar refractivity (Wildman–Crippen MR) is 121 cm³/mol. The minimum absolute atomic E-state index is 0.308. The van der Waals surface area contributed by atoms with E-state index in [-0.39, 0.29) is 6.03 Å². The van der Waals surface area contributed by atoms with Gasteiger partial charge in [-0.05, 0) is 38.0 Å². The zero-order chi connectivity index (χ0) is 22.0. The second-order valence-electron chi connectivity index (χ2n) is 7.52. The molecule has 0 saturated carbocycles. The number of anilines is 2. The van der Waals surface area contributed by atoms with E-state index in [1.54, 1.807) is 12.4 Å². The van der Waals surface area contributed by atoms with Gasteiger partial charge in [-0.3, -0.25) is 10.3 Å². The molecule has 8 nitrogen and oxygen atoms in total. The lowest BCUT2D eigenvalue weighted by Gasteiger charge is -2.29. The molecule has 0 atom stereocenters. The van der Waals surface area contributed by atoms with Crippen LogP contribution in [0.3, 0.4) is 0 Å². The number of urea groups is 1. The topological polar surface area (TPSA) is 95.9 Å². The molecule has 0 fully saturated rings. The molecule has 160 valence electrons. The first kappa shape index (κ1) is 21.0. The van der Waals surface area contributed by atoms with E-state index in [1.165, 1.54) is 0 Å². The molecule has 1 aliphatic heterocycles. The molecule has 2 amide bonds. The number of hydrogen-bond donors (Lipinski definition) is 2. The lowest BCUT2D eigenvalue weighted by Crippen LogP contribution is -2.33. The van der Waals surface area contributed by atoms with Gasteiger partial charge in [0.25, 0.3) is 0 Å². The number of fused-ring (bicyclic) bond motifs is 1. The van der Waals surface area contributed by atoms with Crippen LogP contribution in [0.15, 0.2) is 30.7 Å². The van der Waals surface area contributed by atoms with Crippen LogP contribution in [0.25, 0.3) is 11.3 Å². The maximum absolute atomic E-state index is 11.7. The molecular formula is C22H24ClN7O. The summed E-state index contributed by atoms with van der Waals surface area (Å²) in [5.74, 6) is 1.14. The summed E-state index contributed by atoms with van der Waals surface area (Å²) in [7, 11) is 0. The Hall–Kier alpha value is -3.26. The van der Waals surface area contributed by atoms with Crippen LogP contribution < -0.4 is 15.5 Å². The van der Waals surface area contributed by atoms with Crippen LogP contribution in [-0.4, -0.2) is 39.1 Å². The molecule has 0 aliphatic carbocycles. The normalized spacial score (nSPS) is 13.0. The van der Waals surface area contributed by atoms with Crippen molar-refractivity contribution in [3.05, 3.63) is 58.1 Å². The van der Waals surface area contributed by atoms with Gasteiger partial charge >= 0.3 is 6.03 Å². The number of nitrogens with zero attached hydrogens (tertiary/aromatic N) is 5. The number of hydrogen-bond acceptors (Lipinski definition) is 6. The monoisotopic (exact) mass is 437 g/mol. The first-order chi connectivity index (χ1) is 14.9. The summed E-state index contributed by atoms with van der Waals surface area (Å²) in [5, 5.41) is 5.90. The summed E-state index contributed by atoms with van der Waals surface area (Å²) in [5.41, 5.74) is 5.86. The molecular weight excluding hydrogens is 414 g/mol. The van der Waals surface area contributed by atoms with Crippen LogP contribution >= 0.6 is 11.6 Å². The molecule has 3 aromatic rings. The van der Waals surface area contributed by atoms with E-state index in [1.807, 2.05) is 33.0 Å². The number of amides is 2. The molecule has 0 spiro atoms. The third-order valence-electron chi connectivity index (χ3n) is 5.13. The van der Waals surface area contributed by atoms with Crippen molar-refractivity contribution in [1.82, 2.24) is 25.3 Å². The third-order valence-corrected chi connectivity index (χ3v) is 5.43. The van der Waals surface area contributed by atoms with Crippen molar-refractivity contribution >= 4 is 29.4 Å². The van der Waals surface area contributed by atoms with Crippen molar-refractivity contribution in [2.45, 2.75) is 33.7 Å². The number of rotatable bonds is 4. The SMILES string of the molecule is CCNC(=O)Nc1ncc2c(n1)CCN(c1cc(-c3ncc(C)cc3C)c(Cl)cn1)C2. The molecule has 2 N–H and O–H groups in total. The maximum Gasteiger partial charge on any atom is 0.321 e. The number of pyridine rings is 2. The van der Waals surface area contributed by atoms with Crippen molar-refractivity contribution < 1.29 is 4.79 Å². The van der Waals surface area contributed by atoms with Gasteiger partial charge in [-0.25, -0.2) is 19.7 Å². The van der Waals surface area contributed by atoms with Crippen molar-refractivity contribution in [1.29, 1.82) is 0 Å². The molecule has 4 rings (SSSR count). The Balaban J connectivity index is 1.56. The number of carbonyl (C=O) groups excluding carboxylic acids is 1. The van der Waals surface area contributed by atoms with E-state index in [2.05, 4.69) is 41.5 Å². The molecule has 3 aromatic heterocycles. The second-order valence-corrected chi connectivity index (χ2v) is 7.93. The number of aryl methyl sites for hydroxylation is 2. The average molecular weight is 438 g/mol. The first-order valence-corrected chi connectivity index (χ1v) is 10.6. The zero-order valence-corrected chi connectivity index (χ0v) is 18.5. The highest BCUT2D eigenvalue weighted by Gasteiger charge is 2.21. The van der Waals surface area contributed by atoms with Gasteiger partial charge in [-0.15, -0.1) is 0 Å². The Bertz CT molecular complexity index is 1130. The van der Waals surface area contributed by atoms with Crippen molar-refractivity contribution in [3.8, 4) is 11.3 Å². The number of carbonyl (C=O) groups is 1. The highest BCUT2D eigenvalue weighted by molar-refractivity contribution is 6.33. The number of nitrogens with one attached hydrogen (secondary N) is 2. The average Bonchev–Trinajstić information content (AvgIpc) is 2.74. The van der Waals surface area contributed by atoms with Gasteiger partial charge in [0.05, 0.1) is 16.4 Å². The van der Waals surface area contributed by atoms with E-state index >= 15 is 0 Å². The highest BCUT2D eigenvalue weighted by Crippen LogP contribution is 2.32. The number of halogens is 1. The van der Waals surface area contributed by atoms with E-state index in [0.29, 0.717) is 24.1 Å². The summed E-state index contributed by atoms with van der Waals surface area (Å²) in [6.07, 6.45) is 6.01. The van der Waals surface area contributed by atoms with E-state index in [4.69, 9.17) is 11.6 Å². The van der Waals surface area contributed by atoms with Crippen LogP contribution in [0.2, 0.25) is 5.02 Å². The maximum atomic E-state index is 11.7. The Morgan fingerprint density at radius 1 is 1.16 bits per heavy atom. The van der Waals surface area contributed by atoms with Gasteiger partial charge in [-0.1, -0.05) is 17.7 Å². The van der Waals surface area contributed by atoms with Crippen molar-refractivity contribution in [3.63, 3.8) is 0 Å². The Labute approximate surface area is 186 Å². The minimum atomic E-state index is -0.308. The molecule has 1 aliphatic rings. The quantitative estimate of drug-likeness (QED) is 0.642. The van der Waals surface area contributed by atoms with Gasteiger partial charge in [0.1, 0.15) is 5.82 Å². The van der Waals surface area contributed by atoms with Crippen LogP contribution in [0.1, 0.15) is 29.3 Å². The fraction of sp³-hybridized carbons (Fsp3) is 0.318. The van der Waals surface area contributed by atoms with Crippen molar-refractivity contribution in [2.75, 3.05) is 23.3 Å². The lowest BCUT2D eigenvalue weighted by atomic mass is 10.0. The van der Waals surface area contributed by atoms with Gasteiger partial charge in [-0.2, -0.15) is 0 Å². The molecule has 0 saturated heterocycles. The van der Waals surface area contributed by atoms with E-state index < -0.39 is 0 Å². The molecule has 31 heavy (non-hydrogen) atoms. The smallest absolute Gasteiger partial charge is 0.321 e. The Morgan fingerprint density at radius 2 is 2.00 bits per heavy atom. The summed E-state index contributed by atoms with van der Waals surface area (Å²) in [6, 6.07) is 3.78. The van der Waals surface area contributed by atoms with Crippen molar-refractivity contribution in [2.24, 2.45) is 0 Å². The van der Waals surface area contributed by atoms with Crippen LogP contribution in [-0.2, 0) is 13.0 Å². The van der Waals surface area contributed by atoms with Gasteiger partial charge in [0.2, 0.25) is 5.95 Å². The fourth-order valence-corrected chi connectivity index (χ4v) is 3.85. The largest absolute Gasteiger partial charge is 0.352 e. The second kappa shape index (κ2) is 8.85. The summed E-state index contributed by atoms with van der Waals surface area (Å²) in [6.45, 7) is 7.83. The Kier molecular flexibility index (Phi) is 5.99. The first-order valence-electron chi connectivity index (χ1n) is 10.2. The summed E-state index contributed by atoms with van der Waals surface area (Å²) < 4.78 is 0. The Morgan fingerprint density at radius 3 is 2.77 bits per heavy atom. The van der Waals surface area contributed by atoms with Gasteiger partial charge < -0.3 is 10.2 Å². The standard InChI is InChI=1S/C22H24ClN7O/c1-4-24-22(31)29-21-27-10-15-12-30(6-5-18(15)28-21)19-8-16(17(23)11-25-19)20-14(3)7-13(2)9-26-20/h7-11H,4-6,12H2,1-3H3,(H2,24,27,28,29,31). The molecule has 0 unspecified atom stereocenters. The molecule has 4 heterocycles. The highest BCUT2D eigenvalue weighted by atomic mass is 35.5. The summed E-state index contributed by atoms with van der Waals surface area (Å²) >= 11 is 6.46. The third kappa shape index (κ3) is 4.59. The zero-order valence-electron chi connectivity index (χ0n) is 17.7. The van der Waals surface area contributed by atoms with E-state index in [9.17, 15) is 4.79 Å². The van der Waals surface area contributed by atoms with Gasteiger partial charge in [0, 0.05) is 55.8 Å². The van der Waals surface area contributed by atoms with E-state index in [0.717, 1.165) is 52.4 Å².